The van der Waals surface area contributed by atoms with Gasteiger partial charge in [0.2, 0.25) is 5.91 Å². The fraction of sp³-hybridized carbons (Fsp3) is 0.312. The summed E-state index contributed by atoms with van der Waals surface area (Å²) in [5.41, 5.74) is 0. The van der Waals surface area contributed by atoms with Crippen LogP contribution in [-0.2, 0) is 17.9 Å². The summed E-state index contributed by atoms with van der Waals surface area (Å²) in [4.78, 5) is 13.1. The summed E-state index contributed by atoms with van der Waals surface area (Å²) in [7, 11) is 0. The number of hydrogen-bond acceptors (Lipinski definition) is 6. The van der Waals surface area contributed by atoms with Crippen LogP contribution in [0.25, 0.3) is 0 Å². The van der Waals surface area contributed by atoms with E-state index in [2.05, 4.69) is 10.2 Å². The molecule has 0 unspecified atom stereocenters. The molecule has 3 aromatic heterocycles. The Hall–Kier alpha value is -2.69. The van der Waals surface area contributed by atoms with Crippen LogP contribution in [0.3, 0.4) is 0 Å². The number of halogens is 3. The molecule has 1 amide bonds. The Morgan fingerprint density at radius 1 is 1.19 bits per heavy atom. The molecule has 0 spiro atoms. The quantitative estimate of drug-likeness (QED) is 0.541. The zero-order chi connectivity index (χ0) is 19.3. The number of rotatable bonds is 8. The summed E-state index contributed by atoms with van der Waals surface area (Å²) in [6.07, 6.45) is -0.172. The fourth-order valence-electron chi connectivity index (χ4n) is 2.29. The molecular weight excluding hydrogens is 385 g/mol. The Morgan fingerprint density at radius 3 is 2.52 bits per heavy atom. The van der Waals surface area contributed by atoms with Crippen molar-refractivity contribution in [3.8, 4) is 0 Å². The van der Waals surface area contributed by atoms with Gasteiger partial charge >= 0.3 is 6.18 Å². The molecular formula is C16H15F3N4O3S. The monoisotopic (exact) mass is 400 g/mol. The summed E-state index contributed by atoms with van der Waals surface area (Å²) in [6.45, 7) is -1.26. The maximum atomic E-state index is 12.8. The molecule has 3 heterocycles. The molecule has 7 nitrogen and oxygen atoms in total. The first-order valence-corrected chi connectivity index (χ1v) is 8.79. The molecule has 27 heavy (non-hydrogen) atoms. The third-order valence-electron chi connectivity index (χ3n) is 3.46. The van der Waals surface area contributed by atoms with E-state index in [1.807, 2.05) is 0 Å². The van der Waals surface area contributed by atoms with E-state index in [0.717, 1.165) is 11.8 Å². The van der Waals surface area contributed by atoms with Crippen molar-refractivity contribution in [1.82, 2.24) is 19.7 Å². The second-order valence-corrected chi connectivity index (χ2v) is 6.50. The average Bonchev–Trinajstić information content (AvgIpc) is 3.34. The van der Waals surface area contributed by atoms with Gasteiger partial charge in [0, 0.05) is 0 Å². The summed E-state index contributed by atoms with van der Waals surface area (Å²) in [5.74, 6) is 0.0486. The molecule has 0 aliphatic carbocycles. The summed E-state index contributed by atoms with van der Waals surface area (Å²) < 4.78 is 50.4. The molecule has 0 bridgehead atoms. The lowest BCUT2D eigenvalue weighted by molar-refractivity contribution is -0.161. The third-order valence-corrected chi connectivity index (χ3v) is 4.43. The lowest BCUT2D eigenvalue weighted by Crippen LogP contribution is -2.39. The average molecular weight is 400 g/mol. The Balaban J connectivity index is 1.63. The first kappa shape index (κ1) is 19.1. The van der Waals surface area contributed by atoms with Gasteiger partial charge in [0.05, 0.1) is 31.4 Å². The number of nitrogens with zero attached hydrogens (tertiary/aromatic N) is 4. The lowest BCUT2D eigenvalue weighted by Gasteiger charge is -2.22. The van der Waals surface area contributed by atoms with Crippen LogP contribution in [0, 0.1) is 0 Å². The zero-order valence-corrected chi connectivity index (χ0v) is 14.7. The predicted molar refractivity (Wildman–Crippen MR) is 88.7 cm³/mol. The molecule has 11 heteroatoms. The second kappa shape index (κ2) is 8.33. The number of amides is 1. The molecule has 144 valence electrons. The Morgan fingerprint density at radius 2 is 1.89 bits per heavy atom. The maximum Gasteiger partial charge on any atom is 0.406 e. The van der Waals surface area contributed by atoms with Crippen LogP contribution in [0.2, 0.25) is 0 Å². The number of hydrogen-bond donors (Lipinski definition) is 0. The Kier molecular flexibility index (Phi) is 5.89. The van der Waals surface area contributed by atoms with Crippen molar-refractivity contribution in [1.29, 1.82) is 0 Å². The predicted octanol–water partition coefficient (Wildman–Crippen LogP) is 3.20. The smallest absolute Gasteiger partial charge is 0.406 e. The molecule has 3 rings (SSSR count). The minimum absolute atomic E-state index is 0.215. The highest BCUT2D eigenvalue weighted by atomic mass is 32.2. The van der Waals surface area contributed by atoms with Crippen molar-refractivity contribution in [2.45, 2.75) is 24.4 Å². The van der Waals surface area contributed by atoms with Crippen molar-refractivity contribution >= 4 is 17.7 Å². The summed E-state index contributed by atoms with van der Waals surface area (Å²) in [5, 5.41) is 8.08. The van der Waals surface area contributed by atoms with Crippen LogP contribution >= 0.6 is 11.8 Å². The topological polar surface area (TPSA) is 77.3 Å². The van der Waals surface area contributed by atoms with Gasteiger partial charge in [0.25, 0.3) is 0 Å². The minimum Gasteiger partial charge on any atom is -0.467 e. The Bertz CT molecular complexity index is 847. The van der Waals surface area contributed by atoms with Gasteiger partial charge in [-0.15, -0.1) is 10.2 Å². The number of thioether (sulfide) groups is 1. The van der Waals surface area contributed by atoms with Crippen LogP contribution in [0.15, 0.2) is 57.1 Å². The van der Waals surface area contributed by atoms with Crippen LogP contribution in [0.5, 0.6) is 0 Å². The molecule has 0 aromatic carbocycles. The highest BCUT2D eigenvalue weighted by molar-refractivity contribution is 7.99. The van der Waals surface area contributed by atoms with Crippen LogP contribution in [0.4, 0.5) is 13.2 Å². The van der Waals surface area contributed by atoms with E-state index in [9.17, 15) is 18.0 Å². The van der Waals surface area contributed by atoms with Gasteiger partial charge in [-0.05, 0) is 24.3 Å². The van der Waals surface area contributed by atoms with Crippen molar-refractivity contribution in [3.05, 3.63) is 54.6 Å². The SMILES string of the molecule is O=C(CSc1nncn1Cc1ccco1)N(Cc1ccco1)CC(F)(F)F. The van der Waals surface area contributed by atoms with Crippen molar-refractivity contribution in [2.75, 3.05) is 12.3 Å². The molecule has 0 saturated carbocycles. The van der Waals surface area contributed by atoms with E-state index in [4.69, 9.17) is 8.83 Å². The van der Waals surface area contributed by atoms with E-state index < -0.39 is 18.6 Å². The normalized spacial score (nSPS) is 11.7. The van der Waals surface area contributed by atoms with Gasteiger partial charge in [-0.2, -0.15) is 13.2 Å². The minimum atomic E-state index is -4.51. The van der Waals surface area contributed by atoms with Crippen molar-refractivity contribution in [2.24, 2.45) is 0 Å². The van der Waals surface area contributed by atoms with Crippen molar-refractivity contribution < 1.29 is 26.8 Å². The molecule has 0 aliphatic rings. The van der Waals surface area contributed by atoms with Crippen LogP contribution in [0.1, 0.15) is 11.5 Å². The highest BCUT2D eigenvalue weighted by Gasteiger charge is 2.33. The number of carbonyl (C=O) groups is 1. The second-order valence-electron chi connectivity index (χ2n) is 5.55. The van der Waals surface area contributed by atoms with Crippen LogP contribution in [-0.4, -0.2) is 44.0 Å². The van der Waals surface area contributed by atoms with E-state index in [0.29, 0.717) is 22.4 Å². The molecule has 0 atom stereocenters. The first-order chi connectivity index (χ1) is 12.9. The molecule has 0 saturated heterocycles. The number of aromatic nitrogens is 3. The molecule has 0 fully saturated rings. The number of alkyl halides is 3. The zero-order valence-electron chi connectivity index (χ0n) is 13.9. The Labute approximate surface area is 156 Å². The summed E-state index contributed by atoms with van der Waals surface area (Å²) in [6, 6.07) is 6.58. The fourth-order valence-corrected chi connectivity index (χ4v) is 3.11. The van der Waals surface area contributed by atoms with E-state index in [1.54, 1.807) is 22.8 Å². The largest absolute Gasteiger partial charge is 0.467 e. The standard InChI is InChI=1S/C16H15F3N4O3S/c17-16(18,19)10-22(7-12-3-1-5-25-12)14(24)9-27-15-21-20-11-23(15)8-13-4-2-6-26-13/h1-6,11H,7-10H2. The molecule has 3 aromatic rings. The van der Waals surface area contributed by atoms with Gasteiger partial charge in [-0.3, -0.25) is 4.79 Å². The third kappa shape index (κ3) is 5.64. The summed E-state index contributed by atoms with van der Waals surface area (Å²) >= 11 is 1.01. The molecule has 0 N–H and O–H groups in total. The highest BCUT2D eigenvalue weighted by Crippen LogP contribution is 2.21. The van der Waals surface area contributed by atoms with Gasteiger partial charge in [0.15, 0.2) is 5.16 Å². The van der Waals surface area contributed by atoms with Crippen molar-refractivity contribution in [3.63, 3.8) is 0 Å². The molecule has 0 aliphatic heterocycles. The van der Waals surface area contributed by atoms with Gasteiger partial charge in [-0.1, -0.05) is 11.8 Å². The lowest BCUT2D eigenvalue weighted by atomic mass is 10.3. The molecule has 0 radical (unpaired) electrons. The van der Waals surface area contributed by atoms with Gasteiger partial charge in [-0.25, -0.2) is 0 Å². The van der Waals surface area contributed by atoms with E-state index in [-0.39, 0.29) is 18.1 Å². The first-order valence-electron chi connectivity index (χ1n) is 7.80. The maximum absolute atomic E-state index is 12.8. The van der Waals surface area contributed by atoms with Gasteiger partial charge in [0.1, 0.15) is 24.4 Å². The van der Waals surface area contributed by atoms with Gasteiger partial charge < -0.3 is 18.3 Å². The number of furan rings is 2. The number of carbonyl (C=O) groups excluding carboxylic acids is 1. The van der Waals surface area contributed by atoms with Crippen LogP contribution < -0.4 is 0 Å². The van der Waals surface area contributed by atoms with E-state index in [1.165, 1.54) is 24.9 Å². The van der Waals surface area contributed by atoms with E-state index >= 15 is 0 Å².